The number of nitrogens with zero attached hydrogens (tertiary/aromatic N) is 3. The monoisotopic (exact) mass is 431 g/mol. The molecule has 0 spiro atoms. The number of benzene rings is 1. The van der Waals surface area contributed by atoms with Gasteiger partial charge < -0.3 is 4.90 Å². The van der Waals surface area contributed by atoms with Crippen LogP contribution in [0.4, 0.5) is 4.39 Å². The van der Waals surface area contributed by atoms with Gasteiger partial charge in [0.05, 0.1) is 12.0 Å². The number of piperidine rings is 1. The minimum Gasteiger partial charge on any atom is -0.346 e. The third-order valence-corrected chi connectivity index (χ3v) is 6.25. The number of Topliss-reactive ketones (excluding diaryl/α,β-unsaturated/α-hetero) is 1. The second kappa shape index (κ2) is 7.68. The Bertz CT molecular complexity index is 809. The van der Waals surface area contributed by atoms with Crippen LogP contribution in [-0.2, 0) is 0 Å². The van der Waals surface area contributed by atoms with Crippen LogP contribution in [0.1, 0.15) is 29.6 Å². The number of alkyl halides is 1. The van der Waals surface area contributed by atoms with Crippen LogP contribution in [0, 0.1) is 11.7 Å². The summed E-state index contributed by atoms with van der Waals surface area (Å²) in [5.41, 5.74) is 2.92. The Morgan fingerprint density at radius 2 is 1.93 bits per heavy atom. The third kappa shape index (κ3) is 3.78. The van der Waals surface area contributed by atoms with Gasteiger partial charge in [0.1, 0.15) is 12.0 Å². The number of aliphatic imine (C=N–C) groups is 1. The molecule has 4 nitrogen and oxygen atoms in total. The van der Waals surface area contributed by atoms with Crippen LogP contribution in [0.5, 0.6) is 0 Å². The van der Waals surface area contributed by atoms with E-state index in [1.807, 2.05) is 6.34 Å². The third-order valence-electron chi connectivity index (χ3n) is 5.61. The van der Waals surface area contributed by atoms with Gasteiger partial charge in [-0.15, -0.1) is 0 Å². The number of allylic oxidation sites excluding steroid dienone is 2. The first-order valence-corrected chi connectivity index (χ1v) is 10.3. The fourth-order valence-corrected chi connectivity index (χ4v) is 4.65. The Kier molecular flexibility index (Phi) is 5.28. The van der Waals surface area contributed by atoms with Gasteiger partial charge in [0.15, 0.2) is 5.78 Å². The summed E-state index contributed by atoms with van der Waals surface area (Å²) in [5, 5.41) is 0. The summed E-state index contributed by atoms with van der Waals surface area (Å²) in [6, 6.07) is 5.91. The van der Waals surface area contributed by atoms with Gasteiger partial charge in [0, 0.05) is 42.0 Å². The normalized spacial score (nSPS) is 26.4. The molecule has 1 saturated heterocycles. The Morgan fingerprint density at radius 3 is 2.63 bits per heavy atom. The highest BCUT2D eigenvalue weighted by atomic mass is 79.9. The molecule has 3 aliphatic rings. The summed E-state index contributed by atoms with van der Waals surface area (Å²) >= 11 is 3.70. The van der Waals surface area contributed by atoms with Crippen molar-refractivity contribution in [1.82, 2.24) is 9.80 Å². The summed E-state index contributed by atoms with van der Waals surface area (Å²) < 4.78 is 13.1. The predicted octanol–water partition coefficient (Wildman–Crippen LogP) is 4.00. The van der Waals surface area contributed by atoms with E-state index in [0.717, 1.165) is 38.0 Å². The van der Waals surface area contributed by atoms with Crippen molar-refractivity contribution in [2.45, 2.75) is 30.3 Å². The molecule has 1 aromatic carbocycles. The molecule has 4 rings (SSSR count). The second-order valence-corrected chi connectivity index (χ2v) is 8.60. The topological polar surface area (TPSA) is 35.9 Å². The van der Waals surface area contributed by atoms with Gasteiger partial charge >= 0.3 is 0 Å². The maximum atomic E-state index is 13.1. The zero-order chi connectivity index (χ0) is 19.0. The lowest BCUT2D eigenvalue weighted by molar-refractivity contribution is 0.0698. The standard InChI is InChI=1S/C21H23BrFN3O/c1-25-13-24-19-7-4-16(22)12-18(19)21(25)26-10-8-15(9-11-26)20(27)14-2-5-17(23)6-3-14/h2-3,5-7,12-13,15-16,21H,4,8-11H2,1H3. The number of likely N-dealkylation sites (tertiary alicyclic amines) is 1. The zero-order valence-corrected chi connectivity index (χ0v) is 16.9. The van der Waals surface area contributed by atoms with Crippen LogP contribution < -0.4 is 0 Å². The van der Waals surface area contributed by atoms with E-state index >= 15 is 0 Å². The summed E-state index contributed by atoms with van der Waals surface area (Å²) in [5.74, 6) is -0.169. The van der Waals surface area contributed by atoms with E-state index in [1.54, 1.807) is 12.1 Å². The number of halogens is 2. The van der Waals surface area contributed by atoms with Crippen molar-refractivity contribution < 1.29 is 9.18 Å². The molecule has 1 fully saturated rings. The van der Waals surface area contributed by atoms with Gasteiger partial charge in [-0.25, -0.2) is 9.38 Å². The van der Waals surface area contributed by atoms with Crippen LogP contribution >= 0.6 is 15.9 Å². The number of fused-ring (bicyclic) bond motifs is 1. The van der Waals surface area contributed by atoms with E-state index in [4.69, 9.17) is 0 Å². The quantitative estimate of drug-likeness (QED) is 0.535. The first kappa shape index (κ1) is 18.6. The Labute approximate surface area is 167 Å². The van der Waals surface area contributed by atoms with E-state index in [-0.39, 0.29) is 23.7 Å². The lowest BCUT2D eigenvalue weighted by atomic mass is 9.87. The van der Waals surface area contributed by atoms with Gasteiger partial charge in [0.25, 0.3) is 0 Å². The molecule has 0 saturated carbocycles. The molecule has 2 aliphatic heterocycles. The molecule has 0 aromatic heterocycles. The second-order valence-electron chi connectivity index (χ2n) is 7.43. The average molecular weight is 432 g/mol. The van der Waals surface area contributed by atoms with Crippen LogP contribution in [0.3, 0.4) is 0 Å². The number of hydrogen-bond donors (Lipinski definition) is 0. The first-order valence-electron chi connectivity index (χ1n) is 9.39. The highest BCUT2D eigenvalue weighted by molar-refractivity contribution is 9.09. The first-order chi connectivity index (χ1) is 13.0. The van der Waals surface area contributed by atoms with Crippen LogP contribution in [0.25, 0.3) is 0 Å². The fourth-order valence-electron chi connectivity index (χ4n) is 4.18. The van der Waals surface area contributed by atoms with Crippen LogP contribution in [0.2, 0.25) is 0 Å². The molecule has 1 aliphatic carbocycles. The minimum absolute atomic E-state index is 0.00791. The van der Waals surface area contributed by atoms with Gasteiger partial charge in [-0.1, -0.05) is 28.1 Å². The number of carbonyl (C=O) groups is 1. The number of likely N-dealkylation sites (N-methyl/N-ethyl adjacent to an activating group) is 1. The van der Waals surface area contributed by atoms with Crippen molar-refractivity contribution in [2.75, 3.05) is 20.1 Å². The van der Waals surface area contributed by atoms with E-state index < -0.39 is 0 Å². The van der Waals surface area contributed by atoms with E-state index in [1.165, 1.54) is 17.7 Å². The number of hydrogen-bond acceptors (Lipinski definition) is 4. The molecule has 2 heterocycles. The molecule has 0 amide bonds. The molecule has 0 radical (unpaired) electrons. The van der Waals surface area contributed by atoms with Gasteiger partial charge in [0.2, 0.25) is 0 Å². The van der Waals surface area contributed by atoms with Crippen molar-refractivity contribution in [3.8, 4) is 0 Å². The molecular weight excluding hydrogens is 409 g/mol. The highest BCUT2D eigenvalue weighted by Crippen LogP contribution is 2.34. The van der Waals surface area contributed by atoms with Crippen molar-refractivity contribution in [3.05, 3.63) is 59.1 Å². The summed E-state index contributed by atoms with van der Waals surface area (Å²) in [7, 11) is 2.05. The SMILES string of the molecule is CN1C=NC2=CCC(Br)C=C2C1N1CCC(C(=O)c2ccc(F)cc2)CC1. The van der Waals surface area contributed by atoms with Crippen molar-refractivity contribution >= 4 is 28.1 Å². The molecule has 27 heavy (non-hydrogen) atoms. The molecule has 0 N–H and O–H groups in total. The van der Waals surface area contributed by atoms with Crippen molar-refractivity contribution in [2.24, 2.45) is 10.9 Å². The number of rotatable bonds is 3. The fraction of sp³-hybridized carbons (Fsp3) is 0.429. The van der Waals surface area contributed by atoms with E-state index in [9.17, 15) is 9.18 Å². The maximum absolute atomic E-state index is 13.1. The zero-order valence-electron chi connectivity index (χ0n) is 15.3. The van der Waals surface area contributed by atoms with Crippen LogP contribution in [-0.4, -0.2) is 53.1 Å². The van der Waals surface area contributed by atoms with Crippen LogP contribution in [0.15, 0.2) is 52.7 Å². The highest BCUT2D eigenvalue weighted by Gasteiger charge is 2.35. The smallest absolute Gasteiger partial charge is 0.166 e. The minimum atomic E-state index is -0.307. The van der Waals surface area contributed by atoms with Crippen molar-refractivity contribution in [1.29, 1.82) is 0 Å². The van der Waals surface area contributed by atoms with Gasteiger partial charge in [-0.2, -0.15) is 0 Å². The van der Waals surface area contributed by atoms with Crippen molar-refractivity contribution in [3.63, 3.8) is 0 Å². The Hall–Kier alpha value is -1.79. The van der Waals surface area contributed by atoms with E-state index in [0.29, 0.717) is 10.4 Å². The predicted molar refractivity (Wildman–Crippen MR) is 109 cm³/mol. The molecule has 2 atom stereocenters. The lowest BCUT2D eigenvalue weighted by Gasteiger charge is -2.44. The summed E-state index contributed by atoms with van der Waals surface area (Å²) in [6.45, 7) is 1.72. The molecule has 1 aromatic rings. The lowest BCUT2D eigenvalue weighted by Crippen LogP contribution is -2.52. The molecule has 6 heteroatoms. The Balaban J connectivity index is 1.45. The molecule has 142 valence electrons. The summed E-state index contributed by atoms with van der Waals surface area (Å²) in [4.78, 5) is 22.2. The molecule has 0 bridgehead atoms. The maximum Gasteiger partial charge on any atom is 0.166 e. The number of ketones is 1. The Morgan fingerprint density at radius 1 is 1.22 bits per heavy atom. The molecular formula is C21H23BrFN3O. The van der Waals surface area contributed by atoms with E-state index in [2.05, 4.69) is 49.9 Å². The van der Waals surface area contributed by atoms with Gasteiger partial charge in [-0.3, -0.25) is 9.69 Å². The number of carbonyl (C=O) groups excluding carboxylic acids is 1. The summed E-state index contributed by atoms with van der Waals surface area (Å²) in [6.07, 6.45) is 9.12. The largest absolute Gasteiger partial charge is 0.346 e. The average Bonchev–Trinajstić information content (AvgIpc) is 2.68. The van der Waals surface area contributed by atoms with Gasteiger partial charge in [-0.05, 0) is 43.5 Å². The molecule has 2 unspecified atom stereocenters.